The molecule has 0 saturated heterocycles. The number of amides is 1. The van der Waals surface area contributed by atoms with E-state index in [2.05, 4.69) is 15.4 Å². The van der Waals surface area contributed by atoms with Crippen LogP contribution in [-0.4, -0.2) is 37.6 Å². The highest BCUT2D eigenvalue weighted by atomic mass is 16.4. The summed E-state index contributed by atoms with van der Waals surface area (Å²) in [7, 11) is 0. The molecule has 0 aliphatic carbocycles. The van der Waals surface area contributed by atoms with Gasteiger partial charge in [0, 0.05) is 12.3 Å². The van der Waals surface area contributed by atoms with Gasteiger partial charge in [-0.1, -0.05) is 13.8 Å². The molecule has 7 nitrogen and oxygen atoms in total. The van der Waals surface area contributed by atoms with Crippen molar-refractivity contribution in [3.8, 4) is 0 Å². The summed E-state index contributed by atoms with van der Waals surface area (Å²) in [5.41, 5.74) is 2.41. The summed E-state index contributed by atoms with van der Waals surface area (Å²) in [4.78, 5) is 27.8. The van der Waals surface area contributed by atoms with Crippen LogP contribution >= 0.6 is 0 Å². The maximum Gasteiger partial charge on any atom is 0.326 e. The number of rotatable bonds is 5. The molecule has 2 N–H and O–H groups in total. The topological polar surface area (TPSA) is 96.6 Å². The molecule has 2 aromatic heterocycles. The largest absolute Gasteiger partial charge is 0.480 e. The summed E-state index contributed by atoms with van der Waals surface area (Å²) in [6.45, 7) is 7.42. The summed E-state index contributed by atoms with van der Waals surface area (Å²) in [5.74, 6) is -1.33. The van der Waals surface area contributed by atoms with Gasteiger partial charge < -0.3 is 10.4 Å². The van der Waals surface area contributed by atoms with Gasteiger partial charge in [-0.2, -0.15) is 5.10 Å². The molecule has 0 bridgehead atoms. The third kappa shape index (κ3) is 3.24. The van der Waals surface area contributed by atoms with Crippen molar-refractivity contribution < 1.29 is 14.7 Å². The van der Waals surface area contributed by atoms with Crippen LogP contribution in [0.25, 0.3) is 5.65 Å². The van der Waals surface area contributed by atoms with Gasteiger partial charge >= 0.3 is 5.97 Å². The second-order valence-corrected chi connectivity index (χ2v) is 5.81. The molecular formula is C15H20N4O3. The number of aryl methyl sites for hydroxylation is 2. The Bertz CT molecular complexity index is 721. The SMILES string of the molecule is Cc1cc2ncc(C(=O)NC(CC(C)C)C(=O)O)c(C)n2n1. The summed E-state index contributed by atoms with van der Waals surface area (Å²) >= 11 is 0. The average Bonchev–Trinajstić information content (AvgIpc) is 2.79. The predicted octanol–water partition coefficient (Wildman–Crippen LogP) is 1.58. The molecule has 0 spiro atoms. The number of nitrogens with one attached hydrogen (secondary N) is 1. The van der Waals surface area contributed by atoms with Gasteiger partial charge in [-0.3, -0.25) is 4.79 Å². The maximum absolute atomic E-state index is 12.4. The number of nitrogens with zero attached hydrogens (tertiary/aromatic N) is 3. The Morgan fingerprint density at radius 3 is 2.64 bits per heavy atom. The predicted molar refractivity (Wildman–Crippen MR) is 80.8 cm³/mol. The second kappa shape index (κ2) is 6.13. The maximum atomic E-state index is 12.4. The Morgan fingerprint density at radius 1 is 1.36 bits per heavy atom. The van der Waals surface area contributed by atoms with E-state index in [9.17, 15) is 14.7 Å². The van der Waals surface area contributed by atoms with Gasteiger partial charge in [-0.05, 0) is 26.2 Å². The fourth-order valence-electron chi connectivity index (χ4n) is 2.31. The molecule has 0 aliphatic heterocycles. The Morgan fingerprint density at radius 2 is 2.05 bits per heavy atom. The molecular weight excluding hydrogens is 284 g/mol. The van der Waals surface area contributed by atoms with E-state index < -0.39 is 17.9 Å². The van der Waals surface area contributed by atoms with Gasteiger partial charge in [0.05, 0.1) is 17.0 Å². The zero-order valence-electron chi connectivity index (χ0n) is 13.1. The number of carbonyl (C=O) groups excluding carboxylic acids is 1. The van der Waals surface area contributed by atoms with Crippen LogP contribution in [0.4, 0.5) is 0 Å². The van der Waals surface area contributed by atoms with Gasteiger partial charge in [0.15, 0.2) is 5.65 Å². The minimum Gasteiger partial charge on any atom is -0.480 e. The molecule has 22 heavy (non-hydrogen) atoms. The molecule has 2 aromatic rings. The van der Waals surface area contributed by atoms with Crippen LogP contribution in [0, 0.1) is 19.8 Å². The lowest BCUT2D eigenvalue weighted by molar-refractivity contribution is -0.139. The van der Waals surface area contributed by atoms with Crippen molar-refractivity contribution in [2.75, 3.05) is 0 Å². The zero-order valence-corrected chi connectivity index (χ0v) is 13.1. The number of aromatic nitrogens is 3. The van der Waals surface area contributed by atoms with Crippen LogP contribution < -0.4 is 5.32 Å². The smallest absolute Gasteiger partial charge is 0.326 e. The standard InChI is InChI=1S/C15H20N4O3/c1-8(2)5-12(15(21)22)17-14(20)11-7-16-13-6-9(3)18-19(13)10(11)4/h6-8,12H,5H2,1-4H3,(H,17,20)(H,21,22). The molecule has 0 fully saturated rings. The van der Waals surface area contributed by atoms with E-state index in [1.807, 2.05) is 26.8 Å². The monoisotopic (exact) mass is 304 g/mol. The quantitative estimate of drug-likeness (QED) is 0.874. The fraction of sp³-hybridized carbons (Fsp3) is 0.467. The van der Waals surface area contributed by atoms with Gasteiger partial charge in [0.1, 0.15) is 6.04 Å². The van der Waals surface area contributed by atoms with E-state index in [0.717, 1.165) is 5.69 Å². The lowest BCUT2D eigenvalue weighted by Gasteiger charge is -2.17. The highest BCUT2D eigenvalue weighted by molar-refractivity contribution is 5.97. The molecule has 1 unspecified atom stereocenters. The molecule has 0 saturated carbocycles. The average molecular weight is 304 g/mol. The number of carboxylic acid groups (broad SMARTS) is 1. The first-order valence-electron chi connectivity index (χ1n) is 7.15. The number of hydrogen-bond acceptors (Lipinski definition) is 4. The van der Waals surface area contributed by atoms with Crippen LogP contribution in [-0.2, 0) is 4.79 Å². The fourth-order valence-corrected chi connectivity index (χ4v) is 2.31. The molecule has 118 valence electrons. The molecule has 2 heterocycles. The Labute approximate surface area is 128 Å². The van der Waals surface area contributed by atoms with E-state index in [1.165, 1.54) is 6.20 Å². The van der Waals surface area contributed by atoms with Crippen LogP contribution in [0.1, 0.15) is 42.0 Å². The van der Waals surface area contributed by atoms with Crippen molar-refractivity contribution in [1.29, 1.82) is 0 Å². The van der Waals surface area contributed by atoms with Crippen LogP contribution in [0.5, 0.6) is 0 Å². The minimum absolute atomic E-state index is 0.164. The minimum atomic E-state index is -1.04. The highest BCUT2D eigenvalue weighted by Gasteiger charge is 2.23. The normalized spacial score (nSPS) is 12.6. The van der Waals surface area contributed by atoms with E-state index >= 15 is 0 Å². The van der Waals surface area contributed by atoms with Crippen molar-refractivity contribution >= 4 is 17.5 Å². The first-order valence-corrected chi connectivity index (χ1v) is 7.15. The zero-order chi connectivity index (χ0) is 16.4. The van der Waals surface area contributed by atoms with Crippen molar-refractivity contribution in [3.63, 3.8) is 0 Å². The van der Waals surface area contributed by atoms with Crippen LogP contribution in [0.2, 0.25) is 0 Å². The van der Waals surface area contributed by atoms with Crippen molar-refractivity contribution in [2.45, 2.75) is 40.2 Å². The Hall–Kier alpha value is -2.44. The third-order valence-electron chi connectivity index (χ3n) is 3.40. The lowest BCUT2D eigenvalue weighted by Crippen LogP contribution is -2.42. The number of hydrogen-bond donors (Lipinski definition) is 2. The van der Waals surface area contributed by atoms with Crippen molar-refractivity contribution in [3.05, 3.63) is 29.2 Å². The summed E-state index contributed by atoms with van der Waals surface area (Å²) < 4.78 is 1.59. The molecule has 7 heteroatoms. The molecule has 1 amide bonds. The van der Waals surface area contributed by atoms with Gasteiger partial charge in [-0.15, -0.1) is 0 Å². The molecule has 0 radical (unpaired) electrons. The van der Waals surface area contributed by atoms with Gasteiger partial charge in [0.2, 0.25) is 0 Å². The number of carboxylic acids is 1. The number of carbonyl (C=O) groups is 2. The second-order valence-electron chi connectivity index (χ2n) is 5.81. The Kier molecular flexibility index (Phi) is 4.44. The van der Waals surface area contributed by atoms with Crippen molar-refractivity contribution in [2.24, 2.45) is 5.92 Å². The van der Waals surface area contributed by atoms with Crippen LogP contribution in [0.15, 0.2) is 12.3 Å². The van der Waals surface area contributed by atoms with E-state index in [4.69, 9.17) is 0 Å². The highest BCUT2D eigenvalue weighted by Crippen LogP contribution is 2.12. The summed E-state index contributed by atoms with van der Waals surface area (Å²) in [6, 6.07) is 0.898. The lowest BCUT2D eigenvalue weighted by atomic mass is 10.0. The molecule has 2 rings (SSSR count). The van der Waals surface area contributed by atoms with E-state index in [0.29, 0.717) is 23.3 Å². The first-order chi connectivity index (χ1) is 10.3. The molecule has 1 atom stereocenters. The Balaban J connectivity index is 2.28. The number of aliphatic carboxylic acids is 1. The summed E-state index contributed by atoms with van der Waals surface area (Å²) in [6.07, 6.45) is 1.83. The molecule has 0 aromatic carbocycles. The third-order valence-corrected chi connectivity index (χ3v) is 3.40. The van der Waals surface area contributed by atoms with Crippen molar-refractivity contribution in [1.82, 2.24) is 19.9 Å². The van der Waals surface area contributed by atoms with Crippen LogP contribution in [0.3, 0.4) is 0 Å². The van der Waals surface area contributed by atoms with Gasteiger partial charge in [-0.25, -0.2) is 14.3 Å². The van der Waals surface area contributed by atoms with E-state index in [-0.39, 0.29) is 5.92 Å². The molecule has 0 aliphatic rings. The number of fused-ring (bicyclic) bond motifs is 1. The summed E-state index contributed by atoms with van der Waals surface area (Å²) in [5, 5.41) is 16.0. The first kappa shape index (κ1) is 15.9. The van der Waals surface area contributed by atoms with Gasteiger partial charge in [0.25, 0.3) is 5.91 Å². The van der Waals surface area contributed by atoms with E-state index in [1.54, 1.807) is 11.4 Å².